The minimum absolute atomic E-state index is 0.00438. The van der Waals surface area contributed by atoms with Crippen molar-refractivity contribution in [3.63, 3.8) is 0 Å². The van der Waals surface area contributed by atoms with E-state index in [1.165, 1.54) is 0 Å². The maximum absolute atomic E-state index is 12.4. The predicted octanol–water partition coefficient (Wildman–Crippen LogP) is 2.18. The molecule has 0 radical (unpaired) electrons. The van der Waals surface area contributed by atoms with Crippen LogP contribution in [0.4, 0.5) is 4.79 Å². The molecule has 0 bridgehead atoms. The summed E-state index contributed by atoms with van der Waals surface area (Å²) in [5, 5.41) is 6.22. The van der Waals surface area contributed by atoms with Crippen molar-refractivity contribution >= 4 is 12.0 Å². The summed E-state index contributed by atoms with van der Waals surface area (Å²) in [6.45, 7) is 9.18. The number of hydrogen-bond donors (Lipinski definition) is 2. The van der Waals surface area contributed by atoms with Crippen LogP contribution in [0, 0.1) is 5.92 Å². The van der Waals surface area contributed by atoms with Crippen LogP contribution < -0.4 is 10.6 Å². The quantitative estimate of drug-likeness (QED) is 0.829. The summed E-state index contributed by atoms with van der Waals surface area (Å²) >= 11 is 0. The first kappa shape index (κ1) is 18.4. The highest BCUT2D eigenvalue weighted by atomic mass is 16.6. The summed E-state index contributed by atoms with van der Waals surface area (Å²) in [4.78, 5) is 26.2. The number of ether oxygens (including phenoxy) is 1. The van der Waals surface area contributed by atoms with E-state index in [1.54, 1.807) is 4.90 Å². The van der Waals surface area contributed by atoms with Crippen molar-refractivity contribution in [1.82, 2.24) is 15.5 Å². The Hall–Kier alpha value is -1.98. The Bertz CT molecular complexity index is 534. The number of carbonyl (C=O) groups is 2. The molecule has 2 aliphatic rings. The molecule has 0 aromatic carbocycles. The second-order valence-electron chi connectivity index (χ2n) is 7.53. The van der Waals surface area contributed by atoms with Crippen LogP contribution in [0.5, 0.6) is 0 Å². The number of hydrogen-bond acceptors (Lipinski definition) is 4. The number of dihydropyridines is 1. The van der Waals surface area contributed by atoms with E-state index in [0.29, 0.717) is 19.6 Å². The van der Waals surface area contributed by atoms with E-state index >= 15 is 0 Å². The molecule has 2 N–H and O–H groups in total. The zero-order chi connectivity index (χ0) is 17.7. The Morgan fingerprint density at radius 2 is 2.17 bits per heavy atom. The molecule has 1 fully saturated rings. The van der Waals surface area contributed by atoms with Gasteiger partial charge in [-0.05, 0) is 52.3 Å². The van der Waals surface area contributed by atoms with Crippen molar-refractivity contribution in [2.24, 2.45) is 5.92 Å². The molecule has 2 aliphatic heterocycles. The Morgan fingerprint density at radius 1 is 1.42 bits per heavy atom. The normalized spacial score (nSPS) is 24.0. The Kier molecular flexibility index (Phi) is 5.91. The van der Waals surface area contributed by atoms with Gasteiger partial charge in [0, 0.05) is 19.6 Å². The molecule has 0 aliphatic carbocycles. The summed E-state index contributed by atoms with van der Waals surface area (Å²) in [6, 6.07) is 0.114. The van der Waals surface area contributed by atoms with Gasteiger partial charge in [-0.3, -0.25) is 4.79 Å². The number of allylic oxidation sites excluding steroid dienone is 2. The van der Waals surface area contributed by atoms with Crippen LogP contribution in [0.2, 0.25) is 0 Å². The van der Waals surface area contributed by atoms with E-state index in [9.17, 15) is 9.59 Å². The van der Waals surface area contributed by atoms with Gasteiger partial charge < -0.3 is 20.3 Å². The average Bonchev–Trinajstić information content (AvgIpc) is 2.52. The number of piperidine rings is 1. The minimum atomic E-state index is -0.517. The lowest BCUT2D eigenvalue weighted by Crippen LogP contribution is -2.48. The van der Waals surface area contributed by atoms with Gasteiger partial charge in [0.05, 0.1) is 12.0 Å². The standard InChI is InChI=1S/C18H29N3O3/c1-13-7-8-15(19-10-13)11-20-16(22)14-6-5-9-21(12-14)17(23)24-18(2,3)4/h7-8,10,14-15,19H,5-6,9,11-12H2,1-4H3,(H,20,22). The topological polar surface area (TPSA) is 70.7 Å². The molecule has 6 nitrogen and oxygen atoms in total. The zero-order valence-corrected chi connectivity index (χ0v) is 15.1. The second kappa shape index (κ2) is 7.73. The lowest BCUT2D eigenvalue weighted by atomic mass is 9.97. The Labute approximate surface area is 144 Å². The first-order chi connectivity index (χ1) is 11.2. The first-order valence-corrected chi connectivity index (χ1v) is 8.61. The van der Waals surface area contributed by atoms with Crippen LogP contribution in [-0.2, 0) is 9.53 Å². The molecular formula is C18H29N3O3. The van der Waals surface area contributed by atoms with Gasteiger partial charge >= 0.3 is 6.09 Å². The van der Waals surface area contributed by atoms with Crippen molar-refractivity contribution in [3.05, 3.63) is 23.9 Å². The summed E-state index contributed by atoms with van der Waals surface area (Å²) in [5.74, 6) is -0.166. The summed E-state index contributed by atoms with van der Waals surface area (Å²) < 4.78 is 5.40. The van der Waals surface area contributed by atoms with Gasteiger partial charge in [0.2, 0.25) is 5.91 Å². The van der Waals surface area contributed by atoms with Crippen molar-refractivity contribution in [1.29, 1.82) is 0 Å². The van der Waals surface area contributed by atoms with Gasteiger partial charge in [-0.15, -0.1) is 0 Å². The summed E-state index contributed by atoms with van der Waals surface area (Å²) in [6.07, 6.45) is 7.32. The van der Waals surface area contributed by atoms with Crippen LogP contribution in [-0.4, -0.2) is 48.2 Å². The van der Waals surface area contributed by atoms with E-state index in [0.717, 1.165) is 18.4 Å². The molecule has 2 unspecified atom stereocenters. The highest BCUT2D eigenvalue weighted by Gasteiger charge is 2.31. The van der Waals surface area contributed by atoms with E-state index in [2.05, 4.69) is 10.6 Å². The number of amides is 2. The molecule has 0 aromatic heterocycles. The smallest absolute Gasteiger partial charge is 0.410 e. The van der Waals surface area contributed by atoms with Gasteiger partial charge in [-0.2, -0.15) is 0 Å². The van der Waals surface area contributed by atoms with Crippen molar-refractivity contribution in [3.8, 4) is 0 Å². The van der Waals surface area contributed by atoms with Crippen molar-refractivity contribution in [2.75, 3.05) is 19.6 Å². The molecule has 0 saturated carbocycles. The molecule has 134 valence electrons. The lowest BCUT2D eigenvalue weighted by Gasteiger charge is -2.33. The molecule has 0 spiro atoms. The fraction of sp³-hybridized carbons (Fsp3) is 0.667. The van der Waals surface area contributed by atoms with Gasteiger partial charge in [0.1, 0.15) is 5.60 Å². The average molecular weight is 335 g/mol. The Balaban J connectivity index is 1.80. The molecular weight excluding hydrogens is 306 g/mol. The molecule has 1 saturated heterocycles. The fourth-order valence-electron chi connectivity index (χ4n) is 2.78. The van der Waals surface area contributed by atoms with Crippen LogP contribution >= 0.6 is 0 Å². The van der Waals surface area contributed by atoms with E-state index in [4.69, 9.17) is 4.74 Å². The molecule has 2 atom stereocenters. The second-order valence-corrected chi connectivity index (χ2v) is 7.53. The minimum Gasteiger partial charge on any atom is -0.444 e. The van der Waals surface area contributed by atoms with Gasteiger partial charge in [0.15, 0.2) is 0 Å². The van der Waals surface area contributed by atoms with E-state index in [1.807, 2.05) is 46.0 Å². The van der Waals surface area contributed by atoms with Crippen molar-refractivity contribution in [2.45, 2.75) is 52.2 Å². The molecule has 2 heterocycles. The van der Waals surface area contributed by atoms with Crippen LogP contribution in [0.25, 0.3) is 0 Å². The summed E-state index contributed by atoms with van der Waals surface area (Å²) in [7, 11) is 0. The zero-order valence-electron chi connectivity index (χ0n) is 15.1. The number of nitrogens with zero attached hydrogens (tertiary/aromatic N) is 1. The monoisotopic (exact) mass is 335 g/mol. The maximum Gasteiger partial charge on any atom is 0.410 e. The Morgan fingerprint density at radius 3 is 2.79 bits per heavy atom. The van der Waals surface area contributed by atoms with Gasteiger partial charge in [0.25, 0.3) is 0 Å². The highest BCUT2D eigenvalue weighted by molar-refractivity contribution is 5.80. The molecule has 6 heteroatoms. The third kappa shape index (κ3) is 5.58. The van der Waals surface area contributed by atoms with E-state index in [-0.39, 0.29) is 24.0 Å². The highest BCUT2D eigenvalue weighted by Crippen LogP contribution is 2.19. The lowest BCUT2D eigenvalue weighted by molar-refractivity contribution is -0.126. The first-order valence-electron chi connectivity index (χ1n) is 8.61. The number of likely N-dealkylation sites (tertiary alicyclic amines) is 1. The van der Waals surface area contributed by atoms with Gasteiger partial charge in [-0.1, -0.05) is 12.2 Å². The van der Waals surface area contributed by atoms with Crippen LogP contribution in [0.15, 0.2) is 23.9 Å². The summed E-state index contributed by atoms with van der Waals surface area (Å²) in [5.41, 5.74) is 0.648. The SMILES string of the molecule is CC1=CNC(CNC(=O)C2CCCN(C(=O)OC(C)(C)C)C2)C=C1. The van der Waals surface area contributed by atoms with E-state index < -0.39 is 5.60 Å². The molecule has 24 heavy (non-hydrogen) atoms. The maximum atomic E-state index is 12.4. The number of nitrogens with one attached hydrogen (secondary N) is 2. The van der Waals surface area contributed by atoms with Crippen molar-refractivity contribution < 1.29 is 14.3 Å². The van der Waals surface area contributed by atoms with Crippen LogP contribution in [0.3, 0.4) is 0 Å². The van der Waals surface area contributed by atoms with Crippen LogP contribution in [0.1, 0.15) is 40.5 Å². The number of carbonyl (C=O) groups excluding carboxylic acids is 2. The predicted molar refractivity (Wildman–Crippen MR) is 93.4 cm³/mol. The molecule has 0 aromatic rings. The number of rotatable bonds is 3. The molecule has 2 rings (SSSR count). The fourth-order valence-corrected chi connectivity index (χ4v) is 2.78. The molecule has 2 amide bonds. The van der Waals surface area contributed by atoms with Gasteiger partial charge in [-0.25, -0.2) is 4.79 Å². The third-order valence-electron chi connectivity index (χ3n) is 4.06. The third-order valence-corrected chi connectivity index (χ3v) is 4.06. The largest absolute Gasteiger partial charge is 0.444 e.